The van der Waals surface area contributed by atoms with Crippen LogP contribution in [0.4, 0.5) is 5.69 Å². The van der Waals surface area contributed by atoms with Crippen LogP contribution in [0.1, 0.15) is 36.0 Å². The second-order valence-corrected chi connectivity index (χ2v) is 8.50. The van der Waals surface area contributed by atoms with Gasteiger partial charge in [-0.05, 0) is 74.1 Å². The summed E-state index contributed by atoms with van der Waals surface area (Å²) in [5.41, 5.74) is 6.12. The van der Waals surface area contributed by atoms with Gasteiger partial charge in [-0.3, -0.25) is 9.69 Å². The number of piperazine rings is 1. The molecule has 2 aromatic carbocycles. The molecule has 1 aliphatic carbocycles. The van der Waals surface area contributed by atoms with Crippen molar-refractivity contribution in [1.29, 1.82) is 0 Å². The minimum atomic E-state index is 0.108. The average molecular weight is 404 g/mol. The molecule has 0 spiro atoms. The number of unbranched alkanes of at least 4 members (excludes halogenated alkanes) is 1. The number of hydrogen-bond donors (Lipinski definition) is 1. The molecule has 0 bridgehead atoms. The lowest BCUT2D eigenvalue weighted by molar-refractivity contribution is -0.117. The Balaban J connectivity index is 1.13. The topological polar surface area (TPSA) is 35.6 Å². The zero-order chi connectivity index (χ0) is 20.8. The molecule has 0 saturated carbocycles. The van der Waals surface area contributed by atoms with E-state index in [4.69, 9.17) is 0 Å². The molecule has 1 fully saturated rings. The Morgan fingerprint density at radius 1 is 0.967 bits per heavy atom. The summed E-state index contributed by atoms with van der Waals surface area (Å²) in [6, 6.07) is 17.2. The molecule has 1 saturated heterocycles. The number of anilines is 1. The molecule has 0 atom stereocenters. The third kappa shape index (κ3) is 5.31. The summed E-state index contributed by atoms with van der Waals surface area (Å²) in [6.07, 6.45) is 6.03. The van der Waals surface area contributed by atoms with Gasteiger partial charge in [0.25, 0.3) is 0 Å². The van der Waals surface area contributed by atoms with E-state index in [-0.39, 0.29) is 5.91 Å². The maximum Gasteiger partial charge on any atom is 0.247 e. The van der Waals surface area contributed by atoms with Crippen LogP contribution in [0.5, 0.6) is 0 Å². The molecule has 4 rings (SSSR count). The molecule has 0 radical (unpaired) electrons. The summed E-state index contributed by atoms with van der Waals surface area (Å²) in [7, 11) is 0. The number of nitrogens with one attached hydrogen (secondary N) is 1. The molecule has 4 nitrogen and oxygen atoms in total. The van der Waals surface area contributed by atoms with Crippen molar-refractivity contribution in [1.82, 2.24) is 10.2 Å². The highest BCUT2D eigenvalue weighted by molar-refractivity contribution is 5.98. The van der Waals surface area contributed by atoms with Crippen molar-refractivity contribution in [2.45, 2.75) is 32.6 Å². The molecule has 2 aromatic rings. The molecule has 0 unspecified atom stereocenters. The van der Waals surface area contributed by atoms with Gasteiger partial charge in [0.1, 0.15) is 0 Å². The molecular formula is C26H33N3O. The Hall–Kier alpha value is -2.59. The van der Waals surface area contributed by atoms with Crippen LogP contribution in [0.2, 0.25) is 0 Å². The monoisotopic (exact) mass is 403 g/mol. The van der Waals surface area contributed by atoms with Crippen LogP contribution in [0, 0.1) is 6.92 Å². The van der Waals surface area contributed by atoms with E-state index in [0.29, 0.717) is 0 Å². The van der Waals surface area contributed by atoms with E-state index in [9.17, 15) is 4.79 Å². The summed E-state index contributed by atoms with van der Waals surface area (Å²) in [5, 5.41) is 3.12. The lowest BCUT2D eigenvalue weighted by Crippen LogP contribution is -2.46. The van der Waals surface area contributed by atoms with Gasteiger partial charge in [-0.1, -0.05) is 36.4 Å². The molecule has 1 aliphatic heterocycles. The number of hydrogen-bond acceptors (Lipinski definition) is 3. The van der Waals surface area contributed by atoms with Crippen LogP contribution >= 0.6 is 0 Å². The van der Waals surface area contributed by atoms with Gasteiger partial charge in [-0.2, -0.15) is 0 Å². The van der Waals surface area contributed by atoms with Crippen molar-refractivity contribution in [3.63, 3.8) is 0 Å². The highest BCUT2D eigenvalue weighted by Gasteiger charge is 2.17. The van der Waals surface area contributed by atoms with E-state index in [1.807, 2.05) is 6.07 Å². The van der Waals surface area contributed by atoms with E-state index in [2.05, 4.69) is 70.6 Å². The van der Waals surface area contributed by atoms with Gasteiger partial charge in [-0.25, -0.2) is 0 Å². The van der Waals surface area contributed by atoms with Gasteiger partial charge < -0.3 is 10.2 Å². The van der Waals surface area contributed by atoms with Crippen molar-refractivity contribution in [3.05, 3.63) is 70.8 Å². The van der Waals surface area contributed by atoms with E-state index >= 15 is 0 Å². The van der Waals surface area contributed by atoms with Crippen molar-refractivity contribution >= 4 is 17.7 Å². The van der Waals surface area contributed by atoms with E-state index in [1.54, 1.807) is 0 Å². The maximum absolute atomic E-state index is 12.5. The molecule has 158 valence electrons. The number of carbonyl (C=O) groups is 1. The SMILES string of the molecule is Cc1cccc(N2CCN(CCCCNC(=O)C3=Cc4ccccc4CC3)CC2)c1. The number of rotatable bonds is 7. The quantitative estimate of drug-likeness (QED) is 0.709. The normalized spacial score (nSPS) is 16.7. The standard InChI is InChI=1S/C26H33N3O/c1-21-7-6-10-25(19-21)29-17-15-28(16-18-29)14-5-4-13-27-26(30)24-12-11-22-8-2-3-9-23(22)20-24/h2-3,6-10,19-20H,4-5,11-18H2,1H3,(H,27,30). The molecule has 1 amide bonds. The first-order valence-electron chi connectivity index (χ1n) is 11.3. The van der Waals surface area contributed by atoms with Crippen LogP contribution < -0.4 is 10.2 Å². The minimum Gasteiger partial charge on any atom is -0.369 e. The molecule has 4 heteroatoms. The Labute approximate surface area is 180 Å². The summed E-state index contributed by atoms with van der Waals surface area (Å²) >= 11 is 0. The lowest BCUT2D eigenvalue weighted by atomic mass is 9.92. The first-order valence-corrected chi connectivity index (χ1v) is 11.3. The number of fused-ring (bicyclic) bond motifs is 1. The fourth-order valence-corrected chi connectivity index (χ4v) is 4.44. The second kappa shape index (κ2) is 9.94. The van der Waals surface area contributed by atoms with Gasteiger partial charge in [0, 0.05) is 44.0 Å². The first kappa shape index (κ1) is 20.7. The molecule has 2 aliphatic rings. The maximum atomic E-state index is 12.5. The fourth-order valence-electron chi connectivity index (χ4n) is 4.44. The number of nitrogens with zero attached hydrogens (tertiary/aromatic N) is 2. The van der Waals surface area contributed by atoms with Crippen LogP contribution in [-0.4, -0.2) is 50.1 Å². The lowest BCUT2D eigenvalue weighted by Gasteiger charge is -2.36. The predicted octanol–water partition coefficient (Wildman–Crippen LogP) is 4.04. The van der Waals surface area contributed by atoms with Crippen LogP contribution in [0.3, 0.4) is 0 Å². The van der Waals surface area contributed by atoms with Crippen LogP contribution in [0.25, 0.3) is 6.08 Å². The molecule has 1 heterocycles. The molecule has 0 aromatic heterocycles. The zero-order valence-electron chi connectivity index (χ0n) is 18.1. The summed E-state index contributed by atoms with van der Waals surface area (Å²) in [4.78, 5) is 17.5. The van der Waals surface area contributed by atoms with Gasteiger partial charge in [0.05, 0.1) is 0 Å². The molecular weight excluding hydrogens is 370 g/mol. The fraction of sp³-hybridized carbons (Fsp3) is 0.423. The first-order chi connectivity index (χ1) is 14.7. The largest absolute Gasteiger partial charge is 0.369 e. The van der Waals surface area contributed by atoms with E-state index in [1.165, 1.54) is 22.4 Å². The number of amides is 1. The smallest absolute Gasteiger partial charge is 0.247 e. The van der Waals surface area contributed by atoms with Crippen LogP contribution in [0.15, 0.2) is 54.1 Å². The van der Waals surface area contributed by atoms with Gasteiger partial charge in [0.15, 0.2) is 0 Å². The highest BCUT2D eigenvalue weighted by Crippen LogP contribution is 2.23. The summed E-state index contributed by atoms with van der Waals surface area (Å²) < 4.78 is 0. The van der Waals surface area contributed by atoms with E-state index in [0.717, 1.165) is 70.5 Å². The van der Waals surface area contributed by atoms with Gasteiger partial charge >= 0.3 is 0 Å². The van der Waals surface area contributed by atoms with Crippen molar-refractivity contribution in [2.24, 2.45) is 0 Å². The minimum absolute atomic E-state index is 0.108. The van der Waals surface area contributed by atoms with Crippen LogP contribution in [-0.2, 0) is 11.2 Å². The number of benzene rings is 2. The van der Waals surface area contributed by atoms with Gasteiger partial charge in [0.2, 0.25) is 5.91 Å². The third-order valence-electron chi connectivity index (χ3n) is 6.27. The highest BCUT2D eigenvalue weighted by atomic mass is 16.1. The molecule has 30 heavy (non-hydrogen) atoms. The average Bonchev–Trinajstić information content (AvgIpc) is 2.79. The Kier molecular flexibility index (Phi) is 6.85. The Morgan fingerprint density at radius 3 is 2.63 bits per heavy atom. The summed E-state index contributed by atoms with van der Waals surface area (Å²) in [6.45, 7) is 8.46. The Morgan fingerprint density at radius 2 is 1.80 bits per heavy atom. The second-order valence-electron chi connectivity index (χ2n) is 8.50. The van der Waals surface area contributed by atoms with Crippen molar-refractivity contribution < 1.29 is 4.79 Å². The zero-order valence-corrected chi connectivity index (χ0v) is 18.1. The summed E-state index contributed by atoms with van der Waals surface area (Å²) in [5.74, 6) is 0.108. The van der Waals surface area contributed by atoms with Gasteiger partial charge in [-0.15, -0.1) is 0 Å². The predicted molar refractivity (Wildman–Crippen MR) is 125 cm³/mol. The van der Waals surface area contributed by atoms with E-state index < -0.39 is 0 Å². The third-order valence-corrected chi connectivity index (χ3v) is 6.27. The number of carbonyl (C=O) groups excluding carboxylic acids is 1. The van der Waals surface area contributed by atoms with Crippen molar-refractivity contribution in [2.75, 3.05) is 44.2 Å². The van der Waals surface area contributed by atoms with Crippen molar-refractivity contribution in [3.8, 4) is 0 Å². The Bertz CT molecular complexity index is 897. The number of aryl methyl sites for hydroxylation is 2. The molecule has 1 N–H and O–H groups in total.